The van der Waals surface area contributed by atoms with Crippen LogP contribution in [0.15, 0.2) is 36.5 Å². The first kappa shape index (κ1) is 75.1. The van der Waals surface area contributed by atoms with Crippen LogP contribution < -0.4 is 5.32 Å². The van der Waals surface area contributed by atoms with Crippen molar-refractivity contribution in [3.05, 3.63) is 36.5 Å². The molecule has 0 aliphatic heterocycles. The molecule has 2 unspecified atom stereocenters. The van der Waals surface area contributed by atoms with E-state index in [4.69, 9.17) is 4.74 Å². The second-order valence-electron chi connectivity index (χ2n) is 23.9. The van der Waals surface area contributed by atoms with E-state index in [1.54, 1.807) is 6.08 Å². The van der Waals surface area contributed by atoms with Crippen LogP contribution in [0.1, 0.15) is 380 Å². The van der Waals surface area contributed by atoms with E-state index in [-0.39, 0.29) is 18.5 Å². The van der Waals surface area contributed by atoms with Crippen molar-refractivity contribution in [1.29, 1.82) is 0 Å². The number of amides is 1. The Bertz CT molecular complexity index is 1250. The summed E-state index contributed by atoms with van der Waals surface area (Å²) < 4.78 is 5.49. The van der Waals surface area contributed by atoms with Gasteiger partial charge in [0.15, 0.2) is 0 Å². The number of aliphatic hydroxyl groups is 2. The van der Waals surface area contributed by atoms with Gasteiger partial charge in [-0.25, -0.2) is 0 Å². The third-order valence-corrected chi connectivity index (χ3v) is 16.2. The lowest BCUT2D eigenvalue weighted by molar-refractivity contribution is -0.143. The molecule has 0 radical (unpaired) electrons. The van der Waals surface area contributed by atoms with Crippen LogP contribution in [0.25, 0.3) is 0 Å². The zero-order chi connectivity index (χ0) is 55.7. The lowest BCUT2D eigenvalue weighted by atomic mass is 10.0. The third-order valence-electron chi connectivity index (χ3n) is 16.2. The minimum atomic E-state index is -0.847. The van der Waals surface area contributed by atoms with Gasteiger partial charge in [-0.05, 0) is 64.2 Å². The summed E-state index contributed by atoms with van der Waals surface area (Å²) in [5.74, 6) is -0.0669. The number of allylic oxidation sites excluding steroid dienone is 5. The van der Waals surface area contributed by atoms with Crippen molar-refractivity contribution in [2.24, 2.45) is 0 Å². The number of nitrogens with one attached hydrogen (secondary N) is 1. The summed E-state index contributed by atoms with van der Waals surface area (Å²) in [6.45, 7) is 4.91. The average Bonchev–Trinajstić information content (AvgIpc) is 3.43. The van der Waals surface area contributed by atoms with Gasteiger partial charge in [0.1, 0.15) is 0 Å². The highest BCUT2D eigenvalue weighted by Crippen LogP contribution is 2.18. The maximum absolute atomic E-state index is 12.5. The maximum Gasteiger partial charge on any atom is 0.305 e. The van der Waals surface area contributed by atoms with Gasteiger partial charge in [-0.15, -0.1) is 0 Å². The number of hydrogen-bond donors (Lipinski definition) is 3. The number of esters is 1. The van der Waals surface area contributed by atoms with Crippen LogP contribution in [0.5, 0.6) is 0 Å². The molecule has 0 bridgehead atoms. The quantitative estimate of drug-likeness (QED) is 0.0320. The van der Waals surface area contributed by atoms with Gasteiger partial charge in [0.25, 0.3) is 0 Å². The SMILES string of the molecule is CCCCCC/C=C\C/C=C\CCCCCCCC(=O)OCCCCCCCCCCCCCCCCCCCCCCCC(=O)NC(CO)C(O)/C=C/CCCCCCCCCCCCCCCCCCCCCCC. The normalized spacial score (nSPS) is 12.7. The van der Waals surface area contributed by atoms with Gasteiger partial charge in [0.2, 0.25) is 5.91 Å². The van der Waals surface area contributed by atoms with E-state index in [1.165, 1.54) is 302 Å². The van der Waals surface area contributed by atoms with E-state index in [1.807, 2.05) is 6.08 Å². The fourth-order valence-corrected chi connectivity index (χ4v) is 10.8. The van der Waals surface area contributed by atoms with E-state index in [0.717, 1.165) is 51.4 Å². The molecule has 0 heterocycles. The van der Waals surface area contributed by atoms with E-state index in [9.17, 15) is 19.8 Å². The molecule has 0 aliphatic carbocycles. The fraction of sp³-hybridized carbons (Fsp3) is 0.887. The highest BCUT2D eigenvalue weighted by atomic mass is 16.5. The molecule has 6 nitrogen and oxygen atoms in total. The Kier molecular flexibility index (Phi) is 64.9. The molecule has 0 aromatic heterocycles. The van der Waals surface area contributed by atoms with Crippen LogP contribution in [0.4, 0.5) is 0 Å². The standard InChI is InChI=1S/C71H135NO5/c1-3-5-7-9-11-13-15-17-19-21-22-23-24-26-29-32-35-39-43-47-51-55-59-63-69(74)68(67-73)72-70(75)64-60-56-52-48-44-40-36-33-30-27-25-28-31-34-38-42-46-50-54-58-62-66-77-71(76)65-61-57-53-49-45-41-37-20-18-16-14-12-10-8-6-4-2/h14,16,20,37,59,63,68-69,73-74H,3-13,15,17-19,21-36,38-58,60-62,64-67H2,1-2H3,(H,72,75)/b16-14-,37-20-,63-59+. The van der Waals surface area contributed by atoms with Gasteiger partial charge >= 0.3 is 5.97 Å². The summed E-state index contributed by atoms with van der Waals surface area (Å²) in [7, 11) is 0. The Hall–Kier alpha value is -1.92. The van der Waals surface area contributed by atoms with Crippen LogP contribution in [-0.2, 0) is 14.3 Å². The van der Waals surface area contributed by atoms with Crippen LogP contribution in [-0.4, -0.2) is 47.4 Å². The van der Waals surface area contributed by atoms with Crippen LogP contribution in [0, 0.1) is 0 Å². The minimum absolute atomic E-state index is 0.00148. The third kappa shape index (κ3) is 63.1. The second-order valence-corrected chi connectivity index (χ2v) is 23.9. The molecular weight excluding hydrogens is 947 g/mol. The predicted molar refractivity (Wildman–Crippen MR) is 338 cm³/mol. The first-order valence-corrected chi connectivity index (χ1v) is 34.8. The van der Waals surface area contributed by atoms with E-state index >= 15 is 0 Å². The summed E-state index contributed by atoms with van der Waals surface area (Å²) in [5.41, 5.74) is 0. The molecule has 1 amide bonds. The summed E-state index contributed by atoms with van der Waals surface area (Å²) in [4.78, 5) is 24.6. The average molecular weight is 1080 g/mol. The molecule has 0 fully saturated rings. The molecule has 0 saturated carbocycles. The lowest BCUT2D eigenvalue weighted by Crippen LogP contribution is -2.45. The van der Waals surface area contributed by atoms with Gasteiger partial charge in [-0.2, -0.15) is 0 Å². The summed E-state index contributed by atoms with van der Waals surface area (Å²) in [6.07, 6.45) is 84.9. The number of carbonyl (C=O) groups is 2. The lowest BCUT2D eigenvalue weighted by Gasteiger charge is -2.20. The van der Waals surface area contributed by atoms with Crippen molar-refractivity contribution >= 4 is 11.9 Å². The number of hydrogen-bond acceptors (Lipinski definition) is 5. The van der Waals surface area contributed by atoms with Crippen molar-refractivity contribution in [3.8, 4) is 0 Å². The van der Waals surface area contributed by atoms with Gasteiger partial charge in [0, 0.05) is 12.8 Å². The van der Waals surface area contributed by atoms with E-state index in [0.29, 0.717) is 19.4 Å². The molecule has 0 aromatic carbocycles. The predicted octanol–water partition coefficient (Wildman–Crippen LogP) is 22.3. The Labute approximate surface area is 481 Å². The monoisotopic (exact) mass is 1080 g/mol. The zero-order valence-corrected chi connectivity index (χ0v) is 52.0. The highest BCUT2D eigenvalue weighted by molar-refractivity contribution is 5.76. The first-order chi connectivity index (χ1) is 38.0. The molecule has 6 heteroatoms. The van der Waals surface area contributed by atoms with Gasteiger partial charge in [0.05, 0.1) is 25.4 Å². The molecule has 2 atom stereocenters. The second kappa shape index (κ2) is 66.6. The molecule has 0 aliphatic rings. The summed E-state index contributed by atoms with van der Waals surface area (Å²) in [5, 5.41) is 23.3. The molecule has 0 saturated heterocycles. The molecule has 0 aromatic rings. The minimum Gasteiger partial charge on any atom is -0.466 e. The number of aliphatic hydroxyl groups excluding tert-OH is 2. The maximum atomic E-state index is 12.5. The van der Waals surface area contributed by atoms with Gasteiger partial charge < -0.3 is 20.3 Å². The molecule has 77 heavy (non-hydrogen) atoms. The van der Waals surface area contributed by atoms with Crippen LogP contribution in [0.3, 0.4) is 0 Å². The van der Waals surface area contributed by atoms with Crippen molar-refractivity contribution in [1.82, 2.24) is 5.32 Å². The molecular formula is C71H135NO5. The van der Waals surface area contributed by atoms with Gasteiger partial charge in [-0.3, -0.25) is 9.59 Å². The fourth-order valence-electron chi connectivity index (χ4n) is 10.8. The number of unbranched alkanes of at least 4 members (excludes halogenated alkanes) is 50. The molecule has 3 N–H and O–H groups in total. The Morgan fingerprint density at radius 1 is 0.364 bits per heavy atom. The Balaban J connectivity index is 3.42. The Morgan fingerprint density at radius 2 is 0.649 bits per heavy atom. The van der Waals surface area contributed by atoms with Crippen LogP contribution in [0.2, 0.25) is 0 Å². The zero-order valence-electron chi connectivity index (χ0n) is 52.0. The van der Waals surface area contributed by atoms with Crippen molar-refractivity contribution in [2.75, 3.05) is 13.2 Å². The molecule has 454 valence electrons. The summed E-state index contributed by atoms with van der Waals surface area (Å²) >= 11 is 0. The van der Waals surface area contributed by atoms with Gasteiger partial charge in [-0.1, -0.05) is 339 Å². The molecule has 0 rings (SSSR count). The number of ether oxygens (including phenoxy) is 1. The smallest absolute Gasteiger partial charge is 0.305 e. The first-order valence-electron chi connectivity index (χ1n) is 34.8. The highest BCUT2D eigenvalue weighted by Gasteiger charge is 2.18. The topological polar surface area (TPSA) is 95.9 Å². The summed E-state index contributed by atoms with van der Waals surface area (Å²) in [6, 6.07) is -0.631. The Morgan fingerprint density at radius 3 is 1.00 bits per heavy atom. The van der Waals surface area contributed by atoms with Crippen LogP contribution >= 0.6 is 0 Å². The number of carbonyl (C=O) groups excluding carboxylic acids is 2. The van der Waals surface area contributed by atoms with Crippen molar-refractivity contribution in [2.45, 2.75) is 392 Å². The molecule has 0 spiro atoms. The van der Waals surface area contributed by atoms with Crippen molar-refractivity contribution < 1.29 is 24.5 Å². The van der Waals surface area contributed by atoms with Crippen molar-refractivity contribution in [3.63, 3.8) is 0 Å². The van der Waals surface area contributed by atoms with E-state index in [2.05, 4.69) is 43.5 Å². The number of rotatable bonds is 65. The largest absolute Gasteiger partial charge is 0.466 e. The van der Waals surface area contributed by atoms with E-state index < -0.39 is 12.1 Å².